The molecule has 1 aliphatic heterocycles. The van der Waals surface area contributed by atoms with E-state index in [2.05, 4.69) is 13.5 Å². The van der Waals surface area contributed by atoms with Crippen molar-refractivity contribution in [1.82, 2.24) is 0 Å². The van der Waals surface area contributed by atoms with E-state index in [1.54, 1.807) is 0 Å². The summed E-state index contributed by atoms with van der Waals surface area (Å²) in [5.41, 5.74) is -0.564. The molecule has 2 fully saturated rings. The smallest absolute Gasteiger partial charge is 0.378 e. The van der Waals surface area contributed by atoms with E-state index < -0.39 is 29.2 Å². The zero-order valence-corrected chi connectivity index (χ0v) is 26.9. The Morgan fingerprint density at radius 2 is 0.773 bits per heavy atom. The molecule has 1 saturated carbocycles. The molecule has 0 aromatic heterocycles. The van der Waals surface area contributed by atoms with Crippen LogP contribution >= 0.6 is 0 Å². The molecule has 6 rings (SSSR count). The molecule has 1 saturated heterocycles. The van der Waals surface area contributed by atoms with Crippen LogP contribution in [-0.4, -0.2) is 28.2 Å². The van der Waals surface area contributed by atoms with Crippen molar-refractivity contribution in [3.63, 3.8) is 0 Å². The molecule has 221 valence electrons. The molecule has 4 aromatic carbocycles. The monoisotopic (exact) mass is 620 g/mol. The first-order chi connectivity index (χ1) is 20.8. The fourth-order valence-electron chi connectivity index (χ4n) is 5.45. The Kier molecular flexibility index (Phi) is 13.2. The topological polar surface area (TPSA) is 58.9 Å². The maximum atomic E-state index is 12.6. The molecule has 4 nitrogen and oxygen atoms in total. The van der Waals surface area contributed by atoms with E-state index >= 15 is 0 Å². The number of allylic oxidation sites excluding steroid dienone is 1. The van der Waals surface area contributed by atoms with Gasteiger partial charge < -0.3 is 19.7 Å². The molecule has 1 aliphatic carbocycles. The zero-order chi connectivity index (χ0) is 30.8. The summed E-state index contributed by atoms with van der Waals surface area (Å²) in [5, 5.41) is 25.2. The molecule has 2 N–H and O–H groups in total. The minimum absolute atomic E-state index is 0. The van der Waals surface area contributed by atoms with Crippen LogP contribution in [0.2, 0.25) is 0 Å². The van der Waals surface area contributed by atoms with E-state index in [0.29, 0.717) is 22.3 Å². The summed E-state index contributed by atoms with van der Waals surface area (Å²) in [6, 6.07) is 37.8. The van der Waals surface area contributed by atoms with Gasteiger partial charge in [-0.15, -0.1) is 0 Å². The molecule has 0 unspecified atom stereocenters. The van der Waals surface area contributed by atoms with Crippen LogP contribution in [0.3, 0.4) is 0 Å². The molecule has 5 heteroatoms. The fourth-order valence-corrected chi connectivity index (χ4v) is 5.45. The van der Waals surface area contributed by atoms with Crippen molar-refractivity contribution in [2.24, 2.45) is 0 Å². The Bertz CT molecular complexity index is 1190. The number of hydrogen-bond acceptors (Lipinski definition) is 4. The van der Waals surface area contributed by atoms with Gasteiger partial charge in [-0.3, -0.25) is 0 Å². The summed E-state index contributed by atoms with van der Waals surface area (Å²) in [5.74, 6) is -1.05. The van der Waals surface area contributed by atoms with Crippen molar-refractivity contribution in [3.05, 3.63) is 195 Å². The fraction of sp³-hybridized carbons (Fsp3) is 0.179. The van der Waals surface area contributed by atoms with Gasteiger partial charge in [0.2, 0.25) is 0 Å². The van der Waals surface area contributed by atoms with Crippen LogP contribution in [-0.2, 0) is 42.4 Å². The third-order valence-corrected chi connectivity index (χ3v) is 7.33. The van der Waals surface area contributed by atoms with Gasteiger partial charge in [-0.1, -0.05) is 121 Å². The molecule has 5 radical (unpaired) electrons. The second-order valence-corrected chi connectivity index (χ2v) is 10.7. The standard InChI is InChI=1S/C31H30O4.C5H5.C3H5.Ti/c1-29(2)34-27(30(32,23-15-7-3-8-16-23)24-17-9-4-10-18-24)28(35-29)31(33,25-19-11-5-12-20-25)26-21-13-6-14-22-26;1-2-4-5-3-1;1-3-2;/h3-22,27-28,32-33H,1-2H3;1-5H;3H,1-2H2;/q;;-1;+4/t27-,28-;;;/m0.../s1. The third-order valence-electron chi connectivity index (χ3n) is 7.33. The maximum absolute atomic E-state index is 12.6. The van der Waals surface area contributed by atoms with Crippen molar-refractivity contribution >= 4 is 0 Å². The van der Waals surface area contributed by atoms with Gasteiger partial charge in [-0.05, 0) is 68.2 Å². The molecule has 1 heterocycles. The van der Waals surface area contributed by atoms with Crippen LogP contribution in [0.1, 0.15) is 36.1 Å². The van der Waals surface area contributed by atoms with Gasteiger partial charge in [-0.25, -0.2) is 19.6 Å². The van der Waals surface area contributed by atoms with Crippen molar-refractivity contribution in [1.29, 1.82) is 0 Å². The van der Waals surface area contributed by atoms with E-state index in [-0.39, 0.29) is 21.7 Å². The van der Waals surface area contributed by atoms with Crippen molar-refractivity contribution in [2.45, 2.75) is 43.0 Å². The van der Waals surface area contributed by atoms with Gasteiger partial charge in [0.1, 0.15) is 23.4 Å². The Hall–Kier alpha value is -2.96. The normalized spacial score (nSPS) is 18.9. The molecule has 2 aliphatic rings. The third kappa shape index (κ3) is 8.00. The molecule has 44 heavy (non-hydrogen) atoms. The predicted octanol–water partition coefficient (Wildman–Crippen LogP) is 7.40. The minimum Gasteiger partial charge on any atom is -0.378 e. The van der Waals surface area contributed by atoms with Crippen molar-refractivity contribution in [3.8, 4) is 0 Å². The maximum Gasteiger partial charge on any atom is 4.00 e. The summed E-state index contributed by atoms with van der Waals surface area (Å²) in [7, 11) is 0. The van der Waals surface area contributed by atoms with Gasteiger partial charge >= 0.3 is 21.7 Å². The van der Waals surface area contributed by atoms with Gasteiger partial charge in [0.15, 0.2) is 5.79 Å². The average molecular weight is 621 g/mol. The van der Waals surface area contributed by atoms with Crippen LogP contribution in [0.15, 0.2) is 134 Å². The molecule has 0 amide bonds. The Balaban J connectivity index is 0.000000519. The van der Waals surface area contributed by atoms with Crippen molar-refractivity contribution in [2.75, 3.05) is 0 Å². The van der Waals surface area contributed by atoms with Crippen LogP contribution in [0.5, 0.6) is 0 Å². The van der Waals surface area contributed by atoms with Gasteiger partial charge in [0.25, 0.3) is 0 Å². The quantitative estimate of drug-likeness (QED) is 0.174. The molecule has 0 spiro atoms. The van der Waals surface area contributed by atoms with Crippen LogP contribution in [0.4, 0.5) is 0 Å². The first kappa shape index (κ1) is 35.5. The summed E-state index contributed by atoms with van der Waals surface area (Å²) < 4.78 is 13.0. The predicted molar refractivity (Wildman–Crippen MR) is 173 cm³/mol. The zero-order valence-electron chi connectivity index (χ0n) is 25.3. The molecular weight excluding hydrogens is 580 g/mol. The first-order valence-corrected chi connectivity index (χ1v) is 14.4. The number of rotatable bonds is 6. The first-order valence-electron chi connectivity index (χ1n) is 14.4. The Morgan fingerprint density at radius 1 is 0.568 bits per heavy atom. The summed E-state index contributed by atoms with van der Waals surface area (Å²) >= 11 is 0. The minimum atomic E-state index is -1.60. The van der Waals surface area contributed by atoms with Crippen LogP contribution < -0.4 is 0 Å². The SMILES string of the molecule is C=C[CH2-].CC1(C)O[C@H](C(O)(c2ccccc2)c2ccccc2)[C@@H](C(O)(c2ccccc2)c2ccccc2)O1.[CH]1[CH][CH][CH][CH]1.[Ti+4]. The Labute approximate surface area is 278 Å². The second kappa shape index (κ2) is 16.4. The second-order valence-electron chi connectivity index (χ2n) is 10.7. The summed E-state index contributed by atoms with van der Waals surface area (Å²) in [4.78, 5) is 0. The largest absolute Gasteiger partial charge is 4.00 e. The number of ether oxygens (including phenoxy) is 2. The summed E-state index contributed by atoms with van der Waals surface area (Å²) in [6.45, 7) is 10.1. The molecule has 0 bridgehead atoms. The Morgan fingerprint density at radius 3 is 0.977 bits per heavy atom. The van der Waals surface area contributed by atoms with E-state index in [1.807, 2.05) is 167 Å². The van der Waals surface area contributed by atoms with E-state index in [0.717, 1.165) is 0 Å². The van der Waals surface area contributed by atoms with E-state index in [1.165, 1.54) is 6.08 Å². The van der Waals surface area contributed by atoms with E-state index in [4.69, 9.17) is 9.47 Å². The average Bonchev–Trinajstić information content (AvgIpc) is 3.75. The number of aliphatic hydroxyl groups is 2. The van der Waals surface area contributed by atoms with Crippen LogP contribution in [0.25, 0.3) is 0 Å². The number of hydrogen-bond donors (Lipinski definition) is 2. The van der Waals surface area contributed by atoms with E-state index in [9.17, 15) is 10.2 Å². The van der Waals surface area contributed by atoms with Crippen molar-refractivity contribution < 1.29 is 41.4 Å². The molecular formula is C39H40O4Ti+3. The summed E-state index contributed by atoms with van der Waals surface area (Å²) in [6.07, 6.45) is 9.63. The van der Waals surface area contributed by atoms with Gasteiger partial charge in [0.05, 0.1) is 0 Å². The van der Waals surface area contributed by atoms with Gasteiger partial charge in [0, 0.05) is 0 Å². The van der Waals surface area contributed by atoms with Gasteiger partial charge in [-0.2, -0.15) is 0 Å². The van der Waals surface area contributed by atoms with Crippen LogP contribution in [0, 0.1) is 39.0 Å². The molecule has 2 atom stereocenters. The number of benzene rings is 4. The molecule has 4 aromatic rings.